The lowest BCUT2D eigenvalue weighted by molar-refractivity contribution is -0.140. The molecule has 1 heterocycles. The number of ketones is 1. The van der Waals surface area contributed by atoms with Crippen molar-refractivity contribution in [1.29, 1.82) is 0 Å². The molecular weight excluding hydrogens is 481 g/mol. The predicted molar refractivity (Wildman–Crippen MR) is 145 cm³/mol. The Kier molecular flexibility index (Phi) is 6.97. The third-order valence-corrected chi connectivity index (χ3v) is 6.83. The highest BCUT2D eigenvalue weighted by Gasteiger charge is 2.46. The Morgan fingerprint density at radius 3 is 2.45 bits per heavy atom. The fourth-order valence-corrected chi connectivity index (χ4v) is 4.97. The molecule has 192 valence electrons. The molecule has 1 atom stereocenters. The molecule has 0 saturated carbocycles. The van der Waals surface area contributed by atoms with Crippen LogP contribution >= 0.6 is 0 Å². The van der Waals surface area contributed by atoms with E-state index in [0.717, 1.165) is 28.3 Å². The number of Topliss-reactive ketones (excluding diaryl/α,β-unsaturated/α-hetero) is 1. The van der Waals surface area contributed by atoms with E-state index in [-0.39, 0.29) is 23.7 Å². The fourth-order valence-electron chi connectivity index (χ4n) is 4.97. The number of nitrogens with zero attached hydrogens (tertiary/aromatic N) is 1. The van der Waals surface area contributed by atoms with Crippen LogP contribution in [0.15, 0.2) is 90.5 Å². The highest BCUT2D eigenvalue weighted by atomic mass is 19.1. The molecule has 5 rings (SSSR count). The number of halogens is 1. The number of aliphatic hydroxyl groups excluding tert-OH is 1. The van der Waals surface area contributed by atoms with Crippen LogP contribution in [-0.2, 0) is 16.1 Å². The van der Waals surface area contributed by atoms with Crippen molar-refractivity contribution in [3.8, 4) is 5.75 Å². The van der Waals surface area contributed by atoms with Crippen LogP contribution in [0.4, 0.5) is 4.39 Å². The summed E-state index contributed by atoms with van der Waals surface area (Å²) in [6, 6.07) is 23.6. The van der Waals surface area contributed by atoms with Gasteiger partial charge in [0.25, 0.3) is 11.7 Å². The lowest BCUT2D eigenvalue weighted by atomic mass is 9.91. The minimum atomic E-state index is -0.831. The van der Waals surface area contributed by atoms with E-state index in [4.69, 9.17) is 4.74 Å². The van der Waals surface area contributed by atoms with Gasteiger partial charge in [-0.05, 0) is 71.1 Å². The number of hydrogen-bond acceptors (Lipinski definition) is 4. The molecular formula is C32H28FNO4. The van der Waals surface area contributed by atoms with E-state index in [0.29, 0.717) is 23.5 Å². The second-order valence-corrected chi connectivity index (χ2v) is 9.45. The molecule has 0 bridgehead atoms. The van der Waals surface area contributed by atoms with E-state index in [1.165, 1.54) is 17.0 Å². The van der Waals surface area contributed by atoms with Gasteiger partial charge in [-0.25, -0.2) is 4.39 Å². The maximum Gasteiger partial charge on any atom is 0.295 e. The third-order valence-electron chi connectivity index (χ3n) is 6.83. The first-order valence-corrected chi connectivity index (χ1v) is 12.6. The van der Waals surface area contributed by atoms with Crippen LogP contribution in [0, 0.1) is 12.7 Å². The predicted octanol–water partition coefficient (Wildman–Crippen LogP) is 6.70. The number of rotatable bonds is 7. The van der Waals surface area contributed by atoms with Gasteiger partial charge in [0.2, 0.25) is 0 Å². The largest absolute Gasteiger partial charge is 0.507 e. The molecule has 38 heavy (non-hydrogen) atoms. The average Bonchev–Trinajstić information content (AvgIpc) is 3.17. The zero-order valence-corrected chi connectivity index (χ0v) is 21.3. The van der Waals surface area contributed by atoms with Crippen LogP contribution in [0.3, 0.4) is 0 Å². The van der Waals surface area contributed by atoms with Crippen LogP contribution < -0.4 is 4.74 Å². The van der Waals surface area contributed by atoms with Gasteiger partial charge in [0.05, 0.1) is 18.2 Å². The number of ether oxygens (including phenoxy) is 1. The smallest absolute Gasteiger partial charge is 0.295 e. The quantitative estimate of drug-likeness (QED) is 0.171. The van der Waals surface area contributed by atoms with Crippen LogP contribution in [0.2, 0.25) is 0 Å². The third kappa shape index (κ3) is 4.65. The molecule has 0 radical (unpaired) electrons. The number of carbonyl (C=O) groups excluding carboxylic acids is 2. The van der Waals surface area contributed by atoms with Crippen molar-refractivity contribution in [3.63, 3.8) is 0 Å². The summed E-state index contributed by atoms with van der Waals surface area (Å²) in [5, 5.41) is 13.3. The first-order valence-electron chi connectivity index (χ1n) is 12.6. The Balaban J connectivity index is 1.67. The van der Waals surface area contributed by atoms with Crippen LogP contribution in [0.5, 0.6) is 5.75 Å². The zero-order chi connectivity index (χ0) is 26.8. The summed E-state index contributed by atoms with van der Waals surface area (Å²) in [5.74, 6) is -1.40. The molecule has 1 aliphatic rings. The van der Waals surface area contributed by atoms with Gasteiger partial charge in [-0.2, -0.15) is 0 Å². The van der Waals surface area contributed by atoms with Crippen molar-refractivity contribution in [2.45, 2.75) is 32.9 Å². The van der Waals surface area contributed by atoms with Crippen molar-refractivity contribution < 1.29 is 23.8 Å². The Labute approximate surface area is 220 Å². The minimum absolute atomic E-state index is 0.0232. The first-order chi connectivity index (χ1) is 18.4. The summed E-state index contributed by atoms with van der Waals surface area (Å²) in [7, 11) is 0. The second kappa shape index (κ2) is 10.5. The number of aryl methyl sites for hydroxylation is 1. The van der Waals surface area contributed by atoms with Crippen molar-refractivity contribution in [2.24, 2.45) is 0 Å². The highest BCUT2D eigenvalue weighted by molar-refractivity contribution is 6.46. The monoisotopic (exact) mass is 509 g/mol. The van der Waals surface area contributed by atoms with Gasteiger partial charge in [0, 0.05) is 12.1 Å². The molecule has 1 amide bonds. The standard InChI is InChI=1S/C32H28FNO4/c1-3-17-38-27-16-13-23(18-20(27)2)30(35)28-29(26-10-6-8-22-7-4-5-9-25(22)26)34(32(37)31(28)36)19-21-11-14-24(33)15-12-21/h4-16,18,29,35H,3,17,19H2,1-2H3/b30-28-. The van der Waals surface area contributed by atoms with E-state index < -0.39 is 17.7 Å². The number of carbonyl (C=O) groups is 2. The molecule has 5 nitrogen and oxygen atoms in total. The Bertz CT molecular complexity index is 1550. The molecule has 0 spiro atoms. The summed E-state index contributed by atoms with van der Waals surface area (Å²) in [4.78, 5) is 28.4. The van der Waals surface area contributed by atoms with Gasteiger partial charge in [0.1, 0.15) is 17.3 Å². The minimum Gasteiger partial charge on any atom is -0.507 e. The number of likely N-dealkylation sites (tertiary alicyclic amines) is 1. The van der Waals surface area contributed by atoms with E-state index in [2.05, 4.69) is 0 Å². The lowest BCUT2D eigenvalue weighted by Gasteiger charge is -2.26. The summed E-state index contributed by atoms with van der Waals surface area (Å²) in [6.45, 7) is 4.55. The van der Waals surface area contributed by atoms with Crippen molar-refractivity contribution in [3.05, 3.63) is 119 Å². The summed E-state index contributed by atoms with van der Waals surface area (Å²) < 4.78 is 19.3. The van der Waals surface area contributed by atoms with Gasteiger partial charge < -0.3 is 14.7 Å². The number of aliphatic hydroxyl groups is 1. The van der Waals surface area contributed by atoms with Crippen molar-refractivity contribution in [1.82, 2.24) is 4.90 Å². The van der Waals surface area contributed by atoms with Gasteiger partial charge in [-0.3, -0.25) is 9.59 Å². The molecule has 4 aromatic rings. The summed E-state index contributed by atoms with van der Waals surface area (Å²) >= 11 is 0. The van der Waals surface area contributed by atoms with E-state index in [1.54, 1.807) is 30.3 Å². The Morgan fingerprint density at radius 2 is 1.71 bits per heavy atom. The van der Waals surface area contributed by atoms with Gasteiger partial charge in [-0.15, -0.1) is 0 Å². The number of hydrogen-bond donors (Lipinski definition) is 1. The van der Waals surface area contributed by atoms with Crippen molar-refractivity contribution >= 4 is 28.2 Å². The molecule has 0 aliphatic carbocycles. The maximum atomic E-state index is 13.6. The van der Waals surface area contributed by atoms with E-state index in [1.807, 2.05) is 56.3 Å². The molecule has 1 fully saturated rings. The molecule has 1 aliphatic heterocycles. The van der Waals surface area contributed by atoms with Crippen LogP contribution in [0.1, 0.15) is 41.6 Å². The normalized spacial score (nSPS) is 16.8. The van der Waals surface area contributed by atoms with Crippen LogP contribution in [0.25, 0.3) is 16.5 Å². The van der Waals surface area contributed by atoms with Gasteiger partial charge >= 0.3 is 0 Å². The topological polar surface area (TPSA) is 66.8 Å². The SMILES string of the molecule is CCCOc1ccc(/C(O)=C2/C(=O)C(=O)N(Cc3ccc(F)cc3)C2c2cccc3ccccc23)cc1C. The lowest BCUT2D eigenvalue weighted by Crippen LogP contribution is -2.29. The van der Waals surface area contributed by atoms with E-state index in [9.17, 15) is 19.1 Å². The molecule has 1 unspecified atom stereocenters. The van der Waals surface area contributed by atoms with Gasteiger partial charge in [-0.1, -0.05) is 61.5 Å². The summed E-state index contributed by atoms with van der Waals surface area (Å²) in [6.07, 6.45) is 0.865. The Hall–Kier alpha value is -4.45. The van der Waals surface area contributed by atoms with Gasteiger partial charge in [0.15, 0.2) is 0 Å². The summed E-state index contributed by atoms with van der Waals surface area (Å²) in [5.41, 5.74) is 2.66. The maximum absolute atomic E-state index is 13.6. The van der Waals surface area contributed by atoms with E-state index >= 15 is 0 Å². The Morgan fingerprint density at radius 1 is 0.974 bits per heavy atom. The molecule has 1 saturated heterocycles. The van der Waals surface area contributed by atoms with Crippen LogP contribution in [-0.4, -0.2) is 28.3 Å². The number of benzene rings is 4. The molecule has 4 aromatic carbocycles. The number of amides is 1. The average molecular weight is 510 g/mol. The number of fused-ring (bicyclic) bond motifs is 1. The second-order valence-electron chi connectivity index (χ2n) is 9.45. The zero-order valence-electron chi connectivity index (χ0n) is 21.3. The molecule has 1 N–H and O–H groups in total. The van der Waals surface area contributed by atoms with Crippen molar-refractivity contribution in [2.75, 3.05) is 6.61 Å². The first kappa shape index (κ1) is 25.2. The highest BCUT2D eigenvalue weighted by Crippen LogP contribution is 2.43. The fraction of sp³-hybridized carbons (Fsp3) is 0.188. The molecule has 0 aromatic heterocycles. The molecule has 6 heteroatoms.